The van der Waals surface area contributed by atoms with Gasteiger partial charge in [-0.25, -0.2) is 4.79 Å². The molecule has 3 N–H and O–H groups in total. The molecular weight excluding hydrogens is 286 g/mol. The Morgan fingerprint density at radius 2 is 2.14 bits per heavy atom. The molecule has 0 bridgehead atoms. The fraction of sp³-hybridized carbons (Fsp3) is 0.667. The van der Waals surface area contributed by atoms with Crippen molar-refractivity contribution in [2.75, 3.05) is 27.2 Å². The minimum absolute atomic E-state index is 0.110. The molecule has 1 aromatic heterocycles. The number of rotatable bonds is 8. The molecule has 0 aromatic carbocycles. The molecule has 0 fully saturated rings. The summed E-state index contributed by atoms with van der Waals surface area (Å²) in [5.41, 5.74) is 0.840. The molecule has 0 spiro atoms. The Hall–Kier alpha value is -1.11. The van der Waals surface area contributed by atoms with Gasteiger partial charge in [-0.15, -0.1) is 0 Å². The molecule has 2 amide bonds. The van der Waals surface area contributed by atoms with E-state index in [0.29, 0.717) is 5.92 Å². The van der Waals surface area contributed by atoms with Crippen molar-refractivity contribution in [3.8, 4) is 0 Å². The summed E-state index contributed by atoms with van der Waals surface area (Å²) < 4.78 is 0. The molecule has 1 heterocycles. The fourth-order valence-corrected chi connectivity index (χ4v) is 2.90. The lowest BCUT2D eigenvalue weighted by molar-refractivity contribution is 0.172. The third-order valence-electron chi connectivity index (χ3n) is 3.06. The van der Waals surface area contributed by atoms with Crippen LogP contribution in [-0.4, -0.2) is 49.3 Å². The van der Waals surface area contributed by atoms with Crippen LogP contribution in [0.1, 0.15) is 31.9 Å². The van der Waals surface area contributed by atoms with E-state index in [1.165, 1.54) is 11.3 Å². The summed E-state index contributed by atoms with van der Waals surface area (Å²) in [6.07, 6.45) is 0.276. The van der Waals surface area contributed by atoms with Gasteiger partial charge < -0.3 is 20.6 Å². The lowest BCUT2D eigenvalue weighted by Crippen LogP contribution is -2.47. The van der Waals surface area contributed by atoms with Gasteiger partial charge in [0.05, 0.1) is 6.10 Å². The van der Waals surface area contributed by atoms with E-state index in [4.69, 9.17) is 0 Å². The Morgan fingerprint density at radius 3 is 2.67 bits per heavy atom. The molecule has 6 heteroatoms. The highest BCUT2D eigenvalue weighted by Crippen LogP contribution is 2.15. The van der Waals surface area contributed by atoms with Crippen LogP contribution in [0.2, 0.25) is 0 Å². The van der Waals surface area contributed by atoms with Crippen LogP contribution in [0.25, 0.3) is 0 Å². The molecule has 120 valence electrons. The normalized spacial score (nSPS) is 14.2. The first kappa shape index (κ1) is 17.9. The van der Waals surface area contributed by atoms with Crippen LogP contribution in [0.3, 0.4) is 0 Å². The highest BCUT2D eigenvalue weighted by atomic mass is 32.1. The predicted molar refractivity (Wildman–Crippen MR) is 87.6 cm³/mol. The molecule has 2 unspecified atom stereocenters. The van der Waals surface area contributed by atoms with E-state index in [1.807, 2.05) is 30.9 Å². The average Bonchev–Trinajstić information content (AvgIpc) is 2.88. The molecule has 0 aliphatic rings. The topological polar surface area (TPSA) is 64.6 Å². The monoisotopic (exact) mass is 313 g/mol. The Kier molecular flexibility index (Phi) is 7.71. The van der Waals surface area contributed by atoms with Crippen LogP contribution >= 0.6 is 11.3 Å². The van der Waals surface area contributed by atoms with Crippen molar-refractivity contribution in [2.24, 2.45) is 5.92 Å². The zero-order valence-electron chi connectivity index (χ0n) is 13.3. The summed E-state index contributed by atoms with van der Waals surface area (Å²) in [5.74, 6) is 0.520. The molecule has 0 aliphatic heterocycles. The predicted octanol–water partition coefficient (Wildman–Crippen LogP) is 2.06. The lowest BCUT2D eigenvalue weighted by atomic mass is 10.0. The highest BCUT2D eigenvalue weighted by molar-refractivity contribution is 7.07. The second kappa shape index (κ2) is 9.02. The Morgan fingerprint density at radius 1 is 1.43 bits per heavy atom. The van der Waals surface area contributed by atoms with Gasteiger partial charge in [0, 0.05) is 19.1 Å². The van der Waals surface area contributed by atoms with Gasteiger partial charge in [-0.3, -0.25) is 0 Å². The number of nitrogens with one attached hydrogen (secondary N) is 2. The molecule has 21 heavy (non-hydrogen) atoms. The zero-order chi connectivity index (χ0) is 15.8. The molecule has 0 radical (unpaired) electrons. The van der Waals surface area contributed by atoms with Gasteiger partial charge in [-0.05, 0) is 48.8 Å². The molecule has 0 saturated heterocycles. The quantitative estimate of drug-likeness (QED) is 0.688. The van der Waals surface area contributed by atoms with Crippen molar-refractivity contribution in [1.29, 1.82) is 0 Å². The molecule has 1 rings (SSSR count). The first-order valence-corrected chi connectivity index (χ1v) is 8.22. The number of thiophene rings is 1. The van der Waals surface area contributed by atoms with E-state index >= 15 is 0 Å². The third kappa shape index (κ3) is 7.45. The van der Waals surface area contributed by atoms with E-state index in [-0.39, 0.29) is 18.6 Å². The average molecular weight is 313 g/mol. The smallest absolute Gasteiger partial charge is 0.315 e. The number of likely N-dealkylation sites (N-methyl/N-ethyl adjacent to an activating group) is 1. The van der Waals surface area contributed by atoms with Crippen LogP contribution in [-0.2, 0) is 0 Å². The fourth-order valence-electron chi connectivity index (χ4n) is 2.20. The maximum Gasteiger partial charge on any atom is 0.315 e. The van der Waals surface area contributed by atoms with Gasteiger partial charge in [0.2, 0.25) is 0 Å². The number of aliphatic hydroxyl groups excluding tert-OH is 1. The number of nitrogens with zero attached hydrogens (tertiary/aromatic N) is 1. The van der Waals surface area contributed by atoms with E-state index in [9.17, 15) is 9.90 Å². The molecule has 2 atom stereocenters. The summed E-state index contributed by atoms with van der Waals surface area (Å²) in [5, 5.41) is 19.5. The minimum atomic E-state index is -0.653. The summed E-state index contributed by atoms with van der Waals surface area (Å²) in [7, 11) is 3.99. The van der Waals surface area contributed by atoms with Crippen molar-refractivity contribution in [3.05, 3.63) is 22.4 Å². The van der Waals surface area contributed by atoms with Crippen molar-refractivity contribution < 1.29 is 9.90 Å². The first-order valence-electron chi connectivity index (χ1n) is 7.27. The van der Waals surface area contributed by atoms with Gasteiger partial charge in [0.1, 0.15) is 0 Å². The number of carbonyl (C=O) groups excluding carboxylic acids is 1. The third-order valence-corrected chi connectivity index (χ3v) is 3.76. The van der Waals surface area contributed by atoms with Crippen LogP contribution in [0, 0.1) is 5.92 Å². The highest BCUT2D eigenvalue weighted by Gasteiger charge is 2.16. The van der Waals surface area contributed by atoms with Crippen molar-refractivity contribution in [1.82, 2.24) is 15.5 Å². The van der Waals surface area contributed by atoms with Crippen LogP contribution in [0.5, 0.6) is 0 Å². The molecule has 0 aliphatic carbocycles. The largest absolute Gasteiger partial charge is 0.387 e. The maximum absolute atomic E-state index is 11.9. The van der Waals surface area contributed by atoms with Crippen LogP contribution in [0.15, 0.2) is 16.8 Å². The van der Waals surface area contributed by atoms with Gasteiger partial charge in [0.25, 0.3) is 0 Å². The Bertz CT molecular complexity index is 397. The standard InChI is InChI=1S/C15H27N3O2S/c1-11(2)7-13(9-18(3)4)17-15(20)16-8-14(19)12-5-6-21-10-12/h5-6,10-11,13-14,19H,7-9H2,1-4H3,(H2,16,17,20). The minimum Gasteiger partial charge on any atom is -0.387 e. The van der Waals surface area contributed by atoms with Gasteiger partial charge in [-0.1, -0.05) is 13.8 Å². The number of aliphatic hydroxyl groups is 1. The summed E-state index contributed by atoms with van der Waals surface area (Å²) in [6.45, 7) is 5.31. The van der Waals surface area contributed by atoms with Gasteiger partial charge in [-0.2, -0.15) is 11.3 Å². The number of amides is 2. The molecule has 0 saturated carbocycles. The van der Waals surface area contributed by atoms with E-state index in [2.05, 4.69) is 29.4 Å². The zero-order valence-corrected chi connectivity index (χ0v) is 14.1. The van der Waals surface area contributed by atoms with Crippen molar-refractivity contribution in [2.45, 2.75) is 32.4 Å². The maximum atomic E-state index is 11.9. The summed E-state index contributed by atoms with van der Waals surface area (Å²) >= 11 is 1.53. The molecular formula is C15H27N3O2S. The van der Waals surface area contributed by atoms with Gasteiger partial charge in [0.15, 0.2) is 0 Å². The van der Waals surface area contributed by atoms with E-state index in [1.54, 1.807) is 0 Å². The van der Waals surface area contributed by atoms with E-state index in [0.717, 1.165) is 18.5 Å². The van der Waals surface area contributed by atoms with E-state index < -0.39 is 6.10 Å². The molecule has 1 aromatic rings. The number of urea groups is 1. The first-order chi connectivity index (χ1) is 9.88. The van der Waals surface area contributed by atoms with Crippen LogP contribution in [0.4, 0.5) is 4.79 Å². The Balaban J connectivity index is 2.38. The number of hydrogen-bond donors (Lipinski definition) is 3. The molecule has 5 nitrogen and oxygen atoms in total. The van der Waals surface area contributed by atoms with Crippen LogP contribution < -0.4 is 10.6 Å². The lowest BCUT2D eigenvalue weighted by Gasteiger charge is -2.24. The van der Waals surface area contributed by atoms with Crippen molar-refractivity contribution >= 4 is 17.4 Å². The summed E-state index contributed by atoms with van der Waals surface area (Å²) in [6, 6.07) is 1.75. The number of hydrogen-bond acceptors (Lipinski definition) is 4. The second-order valence-electron chi connectivity index (χ2n) is 6.02. The SMILES string of the molecule is CC(C)CC(CN(C)C)NC(=O)NCC(O)c1ccsc1. The van der Waals surface area contributed by atoms with Gasteiger partial charge >= 0.3 is 6.03 Å². The Labute approximate surface area is 131 Å². The number of carbonyl (C=O) groups is 1. The van der Waals surface area contributed by atoms with Crippen molar-refractivity contribution in [3.63, 3.8) is 0 Å². The summed E-state index contributed by atoms with van der Waals surface area (Å²) in [4.78, 5) is 14.0. The second-order valence-corrected chi connectivity index (χ2v) is 6.80.